The van der Waals surface area contributed by atoms with E-state index in [0.717, 1.165) is 0 Å². The molecule has 1 nitrogen and oxygen atoms in total. The third-order valence-electron chi connectivity index (χ3n) is 1.81. The summed E-state index contributed by atoms with van der Waals surface area (Å²) in [5.74, 6) is 0. The molecule has 1 aliphatic rings. The minimum Gasteiger partial charge on any atom is -0.305 e. The van der Waals surface area contributed by atoms with Crippen LogP contribution in [0.2, 0.25) is 0 Å². The molecule has 1 heteroatoms. The molecule has 0 aromatic heterocycles. The first-order valence-corrected chi connectivity index (χ1v) is 5.11. The Kier molecular flexibility index (Phi) is 8.14. The molecular weight excluding hydrogens is 146 g/mol. The van der Waals surface area contributed by atoms with Crippen LogP contribution in [0.4, 0.5) is 0 Å². The summed E-state index contributed by atoms with van der Waals surface area (Å²) in [4.78, 5) is 1.59. The van der Waals surface area contributed by atoms with Crippen molar-refractivity contribution in [1.29, 1.82) is 0 Å². The summed E-state index contributed by atoms with van der Waals surface area (Å²) in [5, 5.41) is 0. The number of rotatable bonds is 3. The number of allylic oxidation sites excluding steroid dienone is 2. The van der Waals surface area contributed by atoms with E-state index in [9.17, 15) is 0 Å². The molecule has 1 heterocycles. The fourth-order valence-electron chi connectivity index (χ4n) is 1.15. The van der Waals surface area contributed by atoms with Crippen molar-refractivity contribution in [3.63, 3.8) is 0 Å². The highest BCUT2D eigenvalue weighted by molar-refractivity contribution is 5.01. The Bertz CT molecular complexity index is 136. The van der Waals surface area contributed by atoms with Gasteiger partial charge in [0, 0.05) is 0 Å². The first kappa shape index (κ1) is 11.4. The van der Waals surface area contributed by atoms with Crippen LogP contribution in [0.5, 0.6) is 0 Å². The Hall–Kier alpha value is -0.560. The van der Waals surface area contributed by atoms with E-state index in [1.807, 2.05) is 13.8 Å². The van der Waals surface area contributed by atoms with Crippen LogP contribution in [0.15, 0.2) is 24.4 Å². The average molecular weight is 168 g/mol. The van der Waals surface area contributed by atoms with Crippen LogP contribution in [0.1, 0.15) is 33.6 Å². The molecule has 0 fully saturated rings. The Balaban J connectivity index is 0.000000561. The summed E-state index contributed by atoms with van der Waals surface area (Å²) in [5.41, 5.74) is 0. The monoisotopic (exact) mass is 168 g/mol. The molecule has 0 saturated heterocycles. The zero-order chi connectivity index (χ0) is 9.23. The van der Waals surface area contributed by atoms with Gasteiger partial charge in [-0.1, -0.05) is 33.3 Å². The molecule has 1 atom stereocenters. The van der Waals surface area contributed by atoms with E-state index >= 15 is 0 Å². The topological polar surface area (TPSA) is 4.44 Å². The van der Waals surface area contributed by atoms with Crippen molar-refractivity contribution in [3.05, 3.63) is 24.4 Å². The second-order valence-corrected chi connectivity index (χ2v) is 2.75. The van der Waals surface area contributed by atoms with Crippen LogP contribution in [-0.4, -0.2) is 13.1 Å². The maximum absolute atomic E-state index is 2.25. The van der Waals surface area contributed by atoms with Gasteiger partial charge < -0.3 is 4.90 Å². The predicted molar refractivity (Wildman–Crippen MR) is 55.2 cm³/mol. The molecule has 0 bridgehead atoms. The van der Waals surface area contributed by atoms with Crippen LogP contribution >= 0.6 is 0 Å². The van der Waals surface area contributed by atoms with Gasteiger partial charge in [0.15, 0.2) is 0 Å². The summed E-state index contributed by atoms with van der Waals surface area (Å²) in [6, 6.07) is 0. The van der Waals surface area contributed by atoms with Crippen molar-refractivity contribution in [2.45, 2.75) is 33.6 Å². The van der Waals surface area contributed by atoms with Crippen molar-refractivity contribution in [3.8, 4) is 0 Å². The molecule has 0 aromatic carbocycles. The lowest BCUT2D eigenvalue weighted by molar-refractivity contribution is -0.841. The van der Waals surface area contributed by atoms with E-state index in [0.29, 0.717) is 0 Å². The summed E-state index contributed by atoms with van der Waals surface area (Å²) in [6.07, 6.45) is 11.4. The highest BCUT2D eigenvalue weighted by Gasteiger charge is 2.01. The van der Waals surface area contributed by atoms with Gasteiger partial charge in [-0.25, -0.2) is 0 Å². The largest absolute Gasteiger partial charge is 0.305 e. The van der Waals surface area contributed by atoms with Crippen molar-refractivity contribution in [1.82, 2.24) is 0 Å². The first-order valence-electron chi connectivity index (χ1n) is 5.11. The van der Waals surface area contributed by atoms with Gasteiger partial charge in [-0.2, -0.15) is 0 Å². The molecule has 0 saturated carbocycles. The van der Waals surface area contributed by atoms with Crippen LogP contribution in [-0.2, 0) is 0 Å². The molecule has 0 amide bonds. The van der Waals surface area contributed by atoms with Gasteiger partial charge in [-0.3, -0.25) is 0 Å². The molecule has 1 N–H and O–H groups in total. The number of quaternary nitrogens is 1. The fraction of sp³-hybridized carbons (Fsp3) is 0.636. The second kappa shape index (κ2) is 8.54. The molecule has 1 rings (SSSR count). The molecule has 0 radical (unpaired) electrons. The highest BCUT2D eigenvalue weighted by atomic mass is 15.1. The van der Waals surface area contributed by atoms with Gasteiger partial charge >= 0.3 is 0 Å². The number of nitrogens with one attached hydrogen (secondary N) is 1. The Labute approximate surface area is 76.8 Å². The molecule has 0 aliphatic carbocycles. The molecule has 0 aromatic rings. The summed E-state index contributed by atoms with van der Waals surface area (Å²) >= 11 is 0. The average Bonchev–Trinajstić information content (AvgIpc) is 2.19. The van der Waals surface area contributed by atoms with Crippen LogP contribution in [0, 0.1) is 0 Å². The number of unbranched alkanes of at least 4 members (excludes halogenated alkanes) is 1. The molecule has 0 spiro atoms. The summed E-state index contributed by atoms with van der Waals surface area (Å²) < 4.78 is 0. The minimum absolute atomic E-state index is 1.18. The zero-order valence-electron chi connectivity index (χ0n) is 8.64. The summed E-state index contributed by atoms with van der Waals surface area (Å²) in [7, 11) is 0. The number of hydrogen-bond donors (Lipinski definition) is 1. The standard InChI is InChI=1S/C9H15N.C2H6/c1-2-3-7-10-8-5-4-6-9-10;1-2/h4-6,8H,2-3,7,9H2,1H3;1-2H3/p+1. The van der Waals surface area contributed by atoms with Crippen molar-refractivity contribution >= 4 is 0 Å². The van der Waals surface area contributed by atoms with Gasteiger partial charge in [-0.05, 0) is 18.6 Å². The maximum atomic E-state index is 2.25. The van der Waals surface area contributed by atoms with Crippen LogP contribution < -0.4 is 4.90 Å². The predicted octanol–water partition coefficient (Wildman–Crippen LogP) is 1.78. The molecule has 1 aliphatic heterocycles. The van der Waals surface area contributed by atoms with E-state index in [4.69, 9.17) is 0 Å². The molecular formula is C11H22N+. The lowest BCUT2D eigenvalue weighted by atomic mass is 10.3. The van der Waals surface area contributed by atoms with Gasteiger partial charge in [0.2, 0.25) is 0 Å². The van der Waals surface area contributed by atoms with Crippen molar-refractivity contribution < 1.29 is 4.90 Å². The Morgan fingerprint density at radius 2 is 2.00 bits per heavy atom. The van der Waals surface area contributed by atoms with E-state index in [1.54, 1.807) is 4.90 Å². The Morgan fingerprint density at radius 3 is 2.50 bits per heavy atom. The van der Waals surface area contributed by atoms with Gasteiger partial charge in [0.1, 0.15) is 6.54 Å². The van der Waals surface area contributed by atoms with E-state index in [-0.39, 0.29) is 0 Å². The van der Waals surface area contributed by atoms with Crippen LogP contribution in [0.25, 0.3) is 0 Å². The van der Waals surface area contributed by atoms with Gasteiger partial charge in [0.25, 0.3) is 0 Å². The third-order valence-corrected chi connectivity index (χ3v) is 1.81. The van der Waals surface area contributed by atoms with E-state index in [1.165, 1.54) is 25.9 Å². The molecule has 12 heavy (non-hydrogen) atoms. The van der Waals surface area contributed by atoms with E-state index < -0.39 is 0 Å². The lowest BCUT2D eigenvalue weighted by Crippen LogP contribution is -3.07. The SMILES string of the molecule is CC.CCCC[NH+]1C=CC=CC1. The van der Waals surface area contributed by atoms with Gasteiger partial charge in [0.05, 0.1) is 12.7 Å². The normalized spacial score (nSPS) is 20.1. The lowest BCUT2D eigenvalue weighted by Gasteiger charge is -2.13. The quantitative estimate of drug-likeness (QED) is 0.655. The van der Waals surface area contributed by atoms with Crippen molar-refractivity contribution in [2.24, 2.45) is 0 Å². The Morgan fingerprint density at radius 1 is 1.25 bits per heavy atom. The minimum atomic E-state index is 1.18. The smallest absolute Gasteiger partial charge is 0.100 e. The van der Waals surface area contributed by atoms with E-state index in [2.05, 4.69) is 31.4 Å². The number of hydrogen-bond acceptors (Lipinski definition) is 0. The third kappa shape index (κ3) is 5.14. The highest BCUT2D eigenvalue weighted by Crippen LogP contribution is 1.82. The fourth-order valence-corrected chi connectivity index (χ4v) is 1.15. The zero-order valence-corrected chi connectivity index (χ0v) is 8.64. The van der Waals surface area contributed by atoms with Gasteiger partial charge in [-0.15, -0.1) is 0 Å². The van der Waals surface area contributed by atoms with Crippen molar-refractivity contribution in [2.75, 3.05) is 13.1 Å². The molecule has 1 unspecified atom stereocenters. The van der Waals surface area contributed by atoms with Crippen LogP contribution in [0.3, 0.4) is 0 Å². The summed E-state index contributed by atoms with van der Waals surface area (Å²) in [6.45, 7) is 8.71. The maximum Gasteiger partial charge on any atom is 0.100 e. The first-order chi connectivity index (χ1) is 5.93. The second-order valence-electron chi connectivity index (χ2n) is 2.75. The molecule has 70 valence electrons.